The summed E-state index contributed by atoms with van der Waals surface area (Å²) in [6, 6.07) is 11.8. The van der Waals surface area contributed by atoms with Crippen molar-refractivity contribution in [3.8, 4) is 11.6 Å². The number of rotatable bonds is 2. The third-order valence-electron chi connectivity index (χ3n) is 2.92. The molecule has 0 radical (unpaired) electrons. The average molecular weight is 239 g/mol. The van der Waals surface area contributed by atoms with E-state index in [0.29, 0.717) is 5.88 Å². The maximum atomic E-state index is 5.92. The predicted molar refractivity (Wildman–Crippen MR) is 69.6 cm³/mol. The SMILES string of the molecule is COc1ccc(C2C=Cc3ccccc3O2)cn1. The van der Waals surface area contributed by atoms with Crippen LogP contribution in [0.25, 0.3) is 6.08 Å². The topological polar surface area (TPSA) is 31.4 Å². The van der Waals surface area contributed by atoms with Gasteiger partial charge < -0.3 is 9.47 Å². The molecule has 18 heavy (non-hydrogen) atoms. The molecule has 0 aliphatic carbocycles. The molecule has 1 atom stereocenters. The Bertz CT molecular complexity index is 575. The maximum absolute atomic E-state index is 5.92. The van der Waals surface area contributed by atoms with E-state index < -0.39 is 0 Å². The van der Waals surface area contributed by atoms with E-state index in [4.69, 9.17) is 9.47 Å². The first kappa shape index (κ1) is 10.8. The minimum Gasteiger partial charge on any atom is -0.481 e. The number of fused-ring (bicyclic) bond motifs is 1. The molecule has 0 bridgehead atoms. The Kier molecular flexibility index (Phi) is 2.73. The van der Waals surface area contributed by atoms with Gasteiger partial charge in [0.2, 0.25) is 5.88 Å². The lowest BCUT2D eigenvalue weighted by Gasteiger charge is -2.21. The summed E-state index contributed by atoms with van der Waals surface area (Å²) >= 11 is 0. The van der Waals surface area contributed by atoms with E-state index in [1.54, 1.807) is 13.3 Å². The van der Waals surface area contributed by atoms with Crippen LogP contribution in [0.3, 0.4) is 0 Å². The lowest BCUT2D eigenvalue weighted by molar-refractivity contribution is 0.251. The second-order valence-electron chi connectivity index (χ2n) is 4.07. The van der Waals surface area contributed by atoms with E-state index in [1.807, 2.05) is 42.5 Å². The molecule has 3 nitrogen and oxygen atoms in total. The van der Waals surface area contributed by atoms with Crippen molar-refractivity contribution in [3.63, 3.8) is 0 Å². The highest BCUT2D eigenvalue weighted by Gasteiger charge is 2.16. The summed E-state index contributed by atoms with van der Waals surface area (Å²) in [5.74, 6) is 1.51. The molecule has 2 aromatic rings. The molecule has 0 fully saturated rings. The molecule has 3 heteroatoms. The summed E-state index contributed by atoms with van der Waals surface area (Å²) in [6.45, 7) is 0. The summed E-state index contributed by atoms with van der Waals surface area (Å²) in [7, 11) is 1.61. The Morgan fingerprint density at radius 3 is 2.83 bits per heavy atom. The normalized spacial score (nSPS) is 16.8. The molecule has 0 N–H and O–H groups in total. The number of pyridine rings is 1. The van der Waals surface area contributed by atoms with E-state index >= 15 is 0 Å². The minimum atomic E-state index is -0.0849. The smallest absolute Gasteiger partial charge is 0.212 e. The molecule has 0 spiro atoms. The van der Waals surface area contributed by atoms with E-state index in [9.17, 15) is 0 Å². The van der Waals surface area contributed by atoms with Crippen molar-refractivity contribution in [1.82, 2.24) is 4.98 Å². The average Bonchev–Trinajstić information content (AvgIpc) is 2.47. The van der Waals surface area contributed by atoms with Crippen molar-refractivity contribution in [1.29, 1.82) is 0 Å². The Balaban J connectivity index is 1.87. The van der Waals surface area contributed by atoms with Crippen LogP contribution in [0.1, 0.15) is 17.2 Å². The van der Waals surface area contributed by atoms with Gasteiger partial charge in [0.25, 0.3) is 0 Å². The number of methoxy groups -OCH3 is 1. The van der Waals surface area contributed by atoms with Crippen LogP contribution < -0.4 is 9.47 Å². The van der Waals surface area contributed by atoms with Crippen LogP contribution in [0, 0.1) is 0 Å². The highest BCUT2D eigenvalue weighted by molar-refractivity contribution is 5.60. The summed E-state index contributed by atoms with van der Waals surface area (Å²) in [4.78, 5) is 4.19. The molecule has 2 heterocycles. The molecule has 1 aromatic heterocycles. The van der Waals surface area contributed by atoms with E-state index in [-0.39, 0.29) is 6.10 Å². The van der Waals surface area contributed by atoms with Crippen molar-refractivity contribution < 1.29 is 9.47 Å². The predicted octanol–water partition coefficient (Wildman–Crippen LogP) is 3.24. The van der Waals surface area contributed by atoms with Gasteiger partial charge >= 0.3 is 0 Å². The molecule has 0 amide bonds. The highest BCUT2D eigenvalue weighted by Crippen LogP contribution is 2.32. The van der Waals surface area contributed by atoms with Crippen LogP contribution in [-0.4, -0.2) is 12.1 Å². The van der Waals surface area contributed by atoms with E-state index in [0.717, 1.165) is 16.9 Å². The molecular weight excluding hydrogens is 226 g/mol. The Morgan fingerprint density at radius 2 is 2.06 bits per heavy atom. The van der Waals surface area contributed by atoms with Gasteiger partial charge in [0.1, 0.15) is 11.9 Å². The number of benzene rings is 1. The fourth-order valence-electron chi connectivity index (χ4n) is 1.95. The van der Waals surface area contributed by atoms with Gasteiger partial charge in [-0.25, -0.2) is 4.98 Å². The van der Waals surface area contributed by atoms with Gasteiger partial charge in [0.05, 0.1) is 7.11 Å². The minimum absolute atomic E-state index is 0.0849. The third-order valence-corrected chi connectivity index (χ3v) is 2.92. The molecule has 1 unspecified atom stereocenters. The molecule has 1 aliphatic rings. The number of nitrogens with zero attached hydrogens (tertiary/aromatic N) is 1. The van der Waals surface area contributed by atoms with Crippen LogP contribution in [0.2, 0.25) is 0 Å². The summed E-state index contributed by atoms with van der Waals surface area (Å²) in [5.41, 5.74) is 2.12. The molecule has 90 valence electrons. The summed E-state index contributed by atoms with van der Waals surface area (Å²) < 4.78 is 11.0. The Labute approximate surface area is 106 Å². The van der Waals surface area contributed by atoms with Gasteiger partial charge in [0.15, 0.2) is 0 Å². The number of hydrogen-bond acceptors (Lipinski definition) is 3. The van der Waals surface area contributed by atoms with Crippen molar-refractivity contribution in [2.24, 2.45) is 0 Å². The van der Waals surface area contributed by atoms with Crippen LogP contribution in [-0.2, 0) is 0 Å². The molecule has 0 saturated heterocycles. The van der Waals surface area contributed by atoms with Crippen LogP contribution in [0.5, 0.6) is 11.6 Å². The molecule has 3 rings (SSSR count). The molecule has 1 aliphatic heterocycles. The van der Waals surface area contributed by atoms with Crippen LogP contribution >= 0.6 is 0 Å². The Morgan fingerprint density at radius 1 is 1.17 bits per heavy atom. The lowest BCUT2D eigenvalue weighted by Crippen LogP contribution is -2.09. The molecular formula is C15H13NO2. The van der Waals surface area contributed by atoms with Crippen molar-refractivity contribution in [2.75, 3.05) is 7.11 Å². The largest absolute Gasteiger partial charge is 0.481 e. The molecule has 0 saturated carbocycles. The summed E-state index contributed by atoms with van der Waals surface area (Å²) in [5, 5.41) is 0. The van der Waals surface area contributed by atoms with Gasteiger partial charge in [-0.1, -0.05) is 24.3 Å². The fraction of sp³-hybridized carbons (Fsp3) is 0.133. The first-order valence-electron chi connectivity index (χ1n) is 5.80. The first-order valence-corrected chi connectivity index (χ1v) is 5.80. The van der Waals surface area contributed by atoms with Crippen molar-refractivity contribution in [3.05, 3.63) is 59.8 Å². The Hall–Kier alpha value is -2.29. The number of ether oxygens (including phenoxy) is 2. The monoisotopic (exact) mass is 239 g/mol. The zero-order chi connectivity index (χ0) is 12.4. The quantitative estimate of drug-likeness (QED) is 0.806. The maximum Gasteiger partial charge on any atom is 0.212 e. The third kappa shape index (κ3) is 1.95. The second kappa shape index (κ2) is 4.53. The highest BCUT2D eigenvalue weighted by atomic mass is 16.5. The van der Waals surface area contributed by atoms with Crippen molar-refractivity contribution >= 4 is 6.08 Å². The number of hydrogen-bond donors (Lipinski definition) is 0. The van der Waals surface area contributed by atoms with Crippen LogP contribution in [0.15, 0.2) is 48.7 Å². The van der Waals surface area contributed by atoms with Crippen molar-refractivity contribution in [2.45, 2.75) is 6.10 Å². The van der Waals surface area contributed by atoms with E-state index in [1.165, 1.54) is 0 Å². The second-order valence-corrected chi connectivity index (χ2v) is 4.07. The standard InChI is InChI=1S/C15H13NO2/c1-17-15-9-7-12(10-16-15)14-8-6-11-4-2-3-5-13(11)18-14/h2-10,14H,1H3. The first-order chi connectivity index (χ1) is 8.86. The number of para-hydroxylation sites is 1. The van der Waals surface area contributed by atoms with E-state index in [2.05, 4.69) is 11.1 Å². The van der Waals surface area contributed by atoms with Crippen LogP contribution in [0.4, 0.5) is 0 Å². The van der Waals surface area contributed by atoms with Gasteiger partial charge in [0, 0.05) is 23.4 Å². The summed E-state index contributed by atoms with van der Waals surface area (Å²) in [6.07, 6.45) is 5.81. The zero-order valence-electron chi connectivity index (χ0n) is 10.0. The van der Waals surface area contributed by atoms with Gasteiger partial charge in [-0.3, -0.25) is 0 Å². The van der Waals surface area contributed by atoms with Gasteiger partial charge in [-0.2, -0.15) is 0 Å². The zero-order valence-corrected chi connectivity index (χ0v) is 10.0. The van der Waals surface area contributed by atoms with Gasteiger partial charge in [-0.05, 0) is 18.2 Å². The number of aromatic nitrogens is 1. The van der Waals surface area contributed by atoms with Gasteiger partial charge in [-0.15, -0.1) is 0 Å². The molecule has 1 aromatic carbocycles. The lowest BCUT2D eigenvalue weighted by atomic mass is 10.1. The fourth-order valence-corrected chi connectivity index (χ4v) is 1.95.